The number of para-hydroxylation sites is 1. The van der Waals surface area contributed by atoms with Gasteiger partial charge in [-0.3, -0.25) is 19.1 Å². The van der Waals surface area contributed by atoms with E-state index < -0.39 is 22.9 Å². The van der Waals surface area contributed by atoms with Crippen LogP contribution in [-0.2, 0) is 4.79 Å². The van der Waals surface area contributed by atoms with E-state index in [1.807, 2.05) is 24.3 Å². The Hall–Kier alpha value is -3.53. The molecule has 1 amide bonds. The third-order valence-electron chi connectivity index (χ3n) is 6.14. The molecule has 3 N–H and O–H groups in total. The van der Waals surface area contributed by atoms with Crippen molar-refractivity contribution < 1.29 is 9.90 Å². The molecule has 10 heteroatoms. The van der Waals surface area contributed by atoms with Crippen LogP contribution in [0.15, 0.2) is 46.4 Å². The summed E-state index contributed by atoms with van der Waals surface area (Å²) in [4.78, 5) is 49.1. The molecule has 0 radical (unpaired) electrons. The number of fused-ring (bicyclic) bond motifs is 1. The molecular weight excluding hydrogens is 424 g/mol. The minimum absolute atomic E-state index is 0.0481. The molecule has 1 aliphatic rings. The lowest BCUT2D eigenvalue weighted by atomic mass is 9.88. The summed E-state index contributed by atoms with van der Waals surface area (Å²) in [5.74, 6) is 0.687. The smallest absolute Gasteiger partial charge is 0.328 e. The first-order chi connectivity index (χ1) is 15.8. The number of carbonyl (C=O) groups excluding carboxylic acids is 1. The molecule has 2 aromatic heterocycles. The number of nitrogens with zero attached hydrogens (tertiary/aromatic N) is 4. The third-order valence-corrected chi connectivity index (χ3v) is 6.14. The monoisotopic (exact) mass is 452 g/mol. The second-order valence-corrected chi connectivity index (χ2v) is 8.73. The standard InChI is InChI=1S/C23H28N6O4/c1-15-12-29(22(32)27-21(15)31)18-9-11-28(13-23(18,2)33)19(30)8-5-10-24-20-16-6-3-4-7-17(16)25-14-26-20/h3-4,6-7,12,14,18,33H,5,8-11,13H2,1-2H3,(H,24,25,26)(H,27,31,32)/t18-,23-/m0/s1. The minimum atomic E-state index is -1.31. The maximum atomic E-state index is 12.8. The lowest BCUT2D eigenvalue weighted by Crippen LogP contribution is -2.56. The number of anilines is 1. The van der Waals surface area contributed by atoms with Crippen LogP contribution >= 0.6 is 0 Å². The second-order valence-electron chi connectivity index (χ2n) is 8.73. The van der Waals surface area contributed by atoms with E-state index in [0.29, 0.717) is 37.9 Å². The topological polar surface area (TPSA) is 133 Å². The number of aromatic amines is 1. The number of benzene rings is 1. The van der Waals surface area contributed by atoms with Crippen molar-refractivity contribution in [3.8, 4) is 0 Å². The molecule has 0 unspecified atom stereocenters. The third kappa shape index (κ3) is 4.80. The quantitative estimate of drug-likeness (QED) is 0.479. The fraction of sp³-hybridized carbons (Fsp3) is 0.435. The average molecular weight is 453 g/mol. The van der Waals surface area contributed by atoms with Gasteiger partial charge in [0, 0.05) is 36.7 Å². The Balaban J connectivity index is 1.33. The van der Waals surface area contributed by atoms with Gasteiger partial charge in [0.1, 0.15) is 17.7 Å². The number of nitrogens with one attached hydrogen (secondary N) is 2. The number of β-amino-alcohol motifs (C(OH)–C–C–N with tert-alkyl or cyclic N) is 1. The molecule has 3 heterocycles. The molecule has 3 aromatic rings. The number of rotatable bonds is 6. The van der Waals surface area contributed by atoms with E-state index in [-0.39, 0.29) is 12.5 Å². The summed E-state index contributed by atoms with van der Waals surface area (Å²) in [5, 5.41) is 15.2. The van der Waals surface area contributed by atoms with Crippen LogP contribution in [0.1, 0.15) is 37.8 Å². The van der Waals surface area contributed by atoms with E-state index in [0.717, 1.165) is 16.7 Å². The summed E-state index contributed by atoms with van der Waals surface area (Å²) in [7, 11) is 0. The highest BCUT2D eigenvalue weighted by Crippen LogP contribution is 2.31. The van der Waals surface area contributed by atoms with E-state index >= 15 is 0 Å². The van der Waals surface area contributed by atoms with Crippen LogP contribution in [0.2, 0.25) is 0 Å². The van der Waals surface area contributed by atoms with Crippen LogP contribution < -0.4 is 16.6 Å². The van der Waals surface area contributed by atoms with Gasteiger partial charge in [-0.2, -0.15) is 0 Å². The van der Waals surface area contributed by atoms with Crippen LogP contribution in [-0.4, -0.2) is 60.7 Å². The van der Waals surface area contributed by atoms with Gasteiger partial charge in [-0.05, 0) is 38.8 Å². The summed E-state index contributed by atoms with van der Waals surface area (Å²) in [6, 6.07) is 7.19. The first kappa shape index (κ1) is 22.7. The number of aromatic nitrogens is 4. The molecule has 0 saturated carbocycles. The van der Waals surface area contributed by atoms with Crippen LogP contribution in [0.25, 0.3) is 10.9 Å². The Morgan fingerprint density at radius 1 is 1.30 bits per heavy atom. The van der Waals surface area contributed by atoms with Gasteiger partial charge in [0.05, 0.1) is 18.1 Å². The van der Waals surface area contributed by atoms with Crippen molar-refractivity contribution in [2.75, 3.05) is 25.0 Å². The van der Waals surface area contributed by atoms with Gasteiger partial charge in [-0.1, -0.05) is 12.1 Å². The van der Waals surface area contributed by atoms with Gasteiger partial charge >= 0.3 is 5.69 Å². The first-order valence-electron chi connectivity index (χ1n) is 11.0. The maximum Gasteiger partial charge on any atom is 0.328 e. The number of H-pyrrole nitrogens is 1. The average Bonchev–Trinajstić information content (AvgIpc) is 2.78. The Kier molecular flexibility index (Phi) is 6.28. The Morgan fingerprint density at radius 3 is 2.88 bits per heavy atom. The molecule has 0 bridgehead atoms. The van der Waals surface area contributed by atoms with E-state index in [9.17, 15) is 19.5 Å². The van der Waals surface area contributed by atoms with Crippen molar-refractivity contribution in [3.05, 3.63) is 63.2 Å². The number of likely N-dealkylation sites (tertiary alicyclic amines) is 1. The van der Waals surface area contributed by atoms with Crippen molar-refractivity contribution in [2.24, 2.45) is 0 Å². The largest absolute Gasteiger partial charge is 0.386 e. The number of aliphatic hydroxyl groups is 1. The van der Waals surface area contributed by atoms with Gasteiger partial charge < -0.3 is 15.3 Å². The molecule has 0 aliphatic carbocycles. The highest BCUT2D eigenvalue weighted by atomic mass is 16.3. The number of amides is 1. The van der Waals surface area contributed by atoms with Crippen molar-refractivity contribution >= 4 is 22.6 Å². The molecule has 33 heavy (non-hydrogen) atoms. The number of hydrogen-bond donors (Lipinski definition) is 3. The molecule has 1 aliphatic heterocycles. The van der Waals surface area contributed by atoms with Crippen LogP contribution in [0.5, 0.6) is 0 Å². The molecule has 174 valence electrons. The lowest BCUT2D eigenvalue weighted by molar-refractivity contribution is -0.140. The van der Waals surface area contributed by atoms with Gasteiger partial charge in [0.15, 0.2) is 0 Å². The van der Waals surface area contributed by atoms with E-state index in [2.05, 4.69) is 20.3 Å². The first-order valence-corrected chi connectivity index (χ1v) is 11.0. The van der Waals surface area contributed by atoms with Crippen LogP contribution in [0.4, 0.5) is 5.82 Å². The summed E-state index contributed by atoms with van der Waals surface area (Å²) >= 11 is 0. The van der Waals surface area contributed by atoms with Gasteiger partial charge in [0.2, 0.25) is 5.91 Å². The summed E-state index contributed by atoms with van der Waals surface area (Å²) < 4.78 is 1.37. The van der Waals surface area contributed by atoms with Crippen molar-refractivity contribution in [3.63, 3.8) is 0 Å². The molecule has 2 atom stereocenters. The van der Waals surface area contributed by atoms with E-state index in [4.69, 9.17) is 0 Å². The second kappa shape index (κ2) is 9.14. The normalized spacial score (nSPS) is 20.7. The fourth-order valence-corrected chi connectivity index (χ4v) is 4.38. The Labute approximate surface area is 190 Å². The molecule has 4 rings (SSSR count). The van der Waals surface area contributed by atoms with Crippen molar-refractivity contribution in [1.29, 1.82) is 0 Å². The van der Waals surface area contributed by atoms with E-state index in [1.165, 1.54) is 17.1 Å². The lowest BCUT2D eigenvalue weighted by Gasteiger charge is -2.43. The van der Waals surface area contributed by atoms with E-state index in [1.54, 1.807) is 18.7 Å². The molecular formula is C23H28N6O4. The van der Waals surface area contributed by atoms with Gasteiger partial charge in [-0.25, -0.2) is 14.8 Å². The summed E-state index contributed by atoms with van der Waals surface area (Å²) in [6.45, 7) is 4.34. The number of piperidine rings is 1. The summed E-state index contributed by atoms with van der Waals surface area (Å²) in [6.07, 6.45) is 4.33. The highest BCUT2D eigenvalue weighted by Gasteiger charge is 2.41. The maximum absolute atomic E-state index is 12.8. The zero-order chi connectivity index (χ0) is 23.6. The zero-order valence-electron chi connectivity index (χ0n) is 18.7. The number of carbonyl (C=O) groups is 1. The Bertz CT molecular complexity index is 1280. The van der Waals surface area contributed by atoms with Crippen molar-refractivity contribution in [1.82, 2.24) is 24.4 Å². The predicted molar refractivity (Wildman–Crippen MR) is 124 cm³/mol. The fourth-order valence-electron chi connectivity index (χ4n) is 4.38. The van der Waals surface area contributed by atoms with Gasteiger partial charge in [0.25, 0.3) is 5.56 Å². The van der Waals surface area contributed by atoms with Crippen molar-refractivity contribution in [2.45, 2.75) is 44.8 Å². The molecule has 10 nitrogen and oxygen atoms in total. The highest BCUT2D eigenvalue weighted by molar-refractivity contribution is 5.88. The number of hydrogen-bond acceptors (Lipinski definition) is 7. The Morgan fingerprint density at radius 2 is 2.09 bits per heavy atom. The predicted octanol–water partition coefficient (Wildman–Crippen LogP) is 1.20. The number of aryl methyl sites for hydroxylation is 1. The molecule has 1 saturated heterocycles. The van der Waals surface area contributed by atoms with Crippen LogP contribution in [0.3, 0.4) is 0 Å². The SMILES string of the molecule is Cc1cn([C@H]2CCN(C(=O)CCCNc3ncnc4ccccc34)C[C@]2(C)O)c(=O)[nH]c1=O. The van der Waals surface area contributed by atoms with Crippen LogP contribution in [0, 0.1) is 6.92 Å². The minimum Gasteiger partial charge on any atom is -0.386 e. The molecule has 1 fully saturated rings. The zero-order valence-corrected chi connectivity index (χ0v) is 18.7. The van der Waals surface area contributed by atoms with Gasteiger partial charge in [-0.15, -0.1) is 0 Å². The summed E-state index contributed by atoms with van der Waals surface area (Å²) in [5.41, 5.74) is -1.05. The molecule has 1 aromatic carbocycles. The molecule has 0 spiro atoms.